The topological polar surface area (TPSA) is 29.5 Å². The highest BCUT2D eigenvalue weighted by Gasteiger charge is 2.35. The van der Waals surface area contributed by atoms with Crippen molar-refractivity contribution in [1.29, 1.82) is 0 Å². The molecule has 246 valence electrons. The van der Waals surface area contributed by atoms with E-state index in [0.717, 1.165) is 45.1 Å². The fourth-order valence-electron chi connectivity index (χ4n) is 5.61. The first-order valence-electron chi connectivity index (χ1n) is 18.2. The van der Waals surface area contributed by atoms with E-state index < -0.39 is 0 Å². The molecule has 2 unspecified atom stereocenters. The molecule has 0 aliphatic heterocycles. The minimum absolute atomic E-state index is 0.00114. The lowest BCUT2D eigenvalue weighted by Gasteiger charge is -2.38. The third-order valence-corrected chi connectivity index (χ3v) is 8.56. The van der Waals surface area contributed by atoms with Gasteiger partial charge in [0.1, 0.15) is 6.10 Å². The van der Waals surface area contributed by atoms with Gasteiger partial charge < -0.3 is 9.64 Å². The Hall–Kier alpha value is -1.35. The molecule has 0 rings (SSSR count). The summed E-state index contributed by atoms with van der Waals surface area (Å²) in [4.78, 5) is 15.1. The van der Waals surface area contributed by atoms with E-state index in [1.165, 1.54) is 103 Å². The van der Waals surface area contributed by atoms with Crippen LogP contribution in [0.5, 0.6) is 0 Å². The van der Waals surface area contributed by atoms with Crippen molar-refractivity contribution in [3.8, 4) is 0 Å². The quantitative estimate of drug-likeness (QED) is 0.0475. The Balaban J connectivity index is 5.28. The fraction of sp³-hybridized carbons (Fsp3) is 0.821. The van der Waals surface area contributed by atoms with Gasteiger partial charge in [0.25, 0.3) is 0 Å². The summed E-state index contributed by atoms with van der Waals surface area (Å²) >= 11 is 0. The summed E-state index contributed by atoms with van der Waals surface area (Å²) < 4.78 is 6.36. The van der Waals surface area contributed by atoms with Crippen LogP contribution in [-0.2, 0) is 9.53 Å². The lowest BCUT2D eigenvalue weighted by atomic mass is 9.73. The van der Waals surface area contributed by atoms with E-state index in [9.17, 15) is 4.79 Å². The molecule has 0 aliphatic carbocycles. The number of carbonyl (C=O) groups is 1. The molecular formula is C39H73NO2. The van der Waals surface area contributed by atoms with Gasteiger partial charge in [-0.15, -0.1) is 0 Å². The van der Waals surface area contributed by atoms with Crippen molar-refractivity contribution in [3.63, 3.8) is 0 Å². The Bertz CT molecular complexity index is 680. The molecule has 3 nitrogen and oxygen atoms in total. The van der Waals surface area contributed by atoms with Gasteiger partial charge in [-0.05, 0) is 110 Å². The zero-order valence-corrected chi connectivity index (χ0v) is 29.3. The molecule has 3 heteroatoms. The first kappa shape index (κ1) is 40.6. The molecule has 0 aliphatic rings. The molecule has 0 aromatic rings. The second-order valence-corrected chi connectivity index (χ2v) is 13.2. The molecule has 0 spiro atoms. The average molecular weight is 588 g/mol. The van der Waals surface area contributed by atoms with Crippen LogP contribution in [0.4, 0.5) is 0 Å². The first-order chi connectivity index (χ1) is 20.4. The van der Waals surface area contributed by atoms with Crippen LogP contribution in [0.2, 0.25) is 0 Å². The lowest BCUT2D eigenvalue weighted by molar-refractivity contribution is -0.158. The molecule has 0 heterocycles. The number of allylic oxidation sites excluding steroid dienone is 6. The van der Waals surface area contributed by atoms with Crippen molar-refractivity contribution in [3.05, 3.63) is 36.5 Å². The third-order valence-electron chi connectivity index (χ3n) is 8.56. The maximum Gasteiger partial charge on any atom is 0.307 e. The second kappa shape index (κ2) is 29.7. The molecule has 0 saturated carbocycles. The number of carbonyl (C=O) groups excluding carboxylic acids is 1. The summed E-state index contributed by atoms with van der Waals surface area (Å²) in [5, 5.41) is 0. The Kier molecular flexibility index (Phi) is 28.8. The molecule has 0 saturated heterocycles. The molecule has 0 radical (unpaired) electrons. The lowest BCUT2D eigenvalue weighted by Crippen LogP contribution is -2.37. The molecule has 42 heavy (non-hydrogen) atoms. The summed E-state index contributed by atoms with van der Waals surface area (Å²) in [5.41, 5.74) is 0.0273. The SMILES string of the molecule is CCCCC/C=C\CCCCC(C)(CCC/C=C\CCCCC)C(CCC/C=C\CCCCC)OC(=O)CCN(C)C. The van der Waals surface area contributed by atoms with Crippen molar-refractivity contribution in [1.82, 2.24) is 4.90 Å². The van der Waals surface area contributed by atoms with E-state index in [4.69, 9.17) is 4.74 Å². The zero-order chi connectivity index (χ0) is 31.2. The van der Waals surface area contributed by atoms with Gasteiger partial charge in [0.05, 0.1) is 6.42 Å². The monoisotopic (exact) mass is 588 g/mol. The van der Waals surface area contributed by atoms with Crippen LogP contribution in [0, 0.1) is 5.41 Å². The number of rotatable bonds is 30. The highest BCUT2D eigenvalue weighted by atomic mass is 16.5. The number of unbranched alkanes of at least 4 members (excludes halogenated alkanes) is 13. The maximum atomic E-state index is 13.0. The van der Waals surface area contributed by atoms with Gasteiger partial charge in [-0.25, -0.2) is 0 Å². The predicted octanol–water partition coefficient (Wildman–Crippen LogP) is 12.2. The smallest absolute Gasteiger partial charge is 0.307 e. The van der Waals surface area contributed by atoms with Crippen LogP contribution < -0.4 is 0 Å². The predicted molar refractivity (Wildman–Crippen MR) is 187 cm³/mol. The number of esters is 1. The third kappa shape index (κ3) is 25.2. The van der Waals surface area contributed by atoms with Gasteiger partial charge in [-0.2, -0.15) is 0 Å². The maximum absolute atomic E-state index is 13.0. The van der Waals surface area contributed by atoms with Gasteiger partial charge >= 0.3 is 5.97 Å². The van der Waals surface area contributed by atoms with Gasteiger partial charge in [-0.3, -0.25) is 4.79 Å². The summed E-state index contributed by atoms with van der Waals surface area (Å²) in [6.07, 6.45) is 41.3. The zero-order valence-electron chi connectivity index (χ0n) is 29.3. The standard InChI is InChI=1S/C39H73NO2/c1-7-10-13-16-19-22-25-28-31-35-39(4,34-30-27-24-21-18-15-12-9-3)37(42-38(41)33-36-40(5)6)32-29-26-23-20-17-14-11-8-2/h19-24,37H,7-18,25-36H2,1-6H3/b22-19-,23-20-,24-21-. The molecule has 0 aromatic carbocycles. The highest BCUT2D eigenvalue weighted by Crippen LogP contribution is 2.39. The number of hydrogen-bond acceptors (Lipinski definition) is 3. The Labute approximate surface area is 264 Å². The molecule has 0 amide bonds. The van der Waals surface area contributed by atoms with Gasteiger partial charge in [0.2, 0.25) is 0 Å². The minimum Gasteiger partial charge on any atom is -0.462 e. The van der Waals surface area contributed by atoms with Crippen molar-refractivity contribution in [2.45, 2.75) is 181 Å². The summed E-state index contributed by atoms with van der Waals surface area (Å²) in [5.74, 6) is -0.0270. The largest absolute Gasteiger partial charge is 0.462 e. The van der Waals surface area contributed by atoms with Crippen LogP contribution in [0.3, 0.4) is 0 Å². The van der Waals surface area contributed by atoms with E-state index in [2.05, 4.69) is 69.1 Å². The van der Waals surface area contributed by atoms with Crippen molar-refractivity contribution < 1.29 is 9.53 Å². The second-order valence-electron chi connectivity index (χ2n) is 13.2. The fourth-order valence-corrected chi connectivity index (χ4v) is 5.61. The minimum atomic E-state index is -0.0270. The molecule has 0 aromatic heterocycles. The average Bonchev–Trinajstić information content (AvgIpc) is 2.97. The number of ether oxygens (including phenoxy) is 1. The van der Waals surface area contributed by atoms with E-state index in [-0.39, 0.29) is 17.5 Å². The molecule has 2 atom stereocenters. The van der Waals surface area contributed by atoms with Gasteiger partial charge in [0.15, 0.2) is 0 Å². The van der Waals surface area contributed by atoms with E-state index >= 15 is 0 Å². The molecular weight excluding hydrogens is 514 g/mol. The van der Waals surface area contributed by atoms with Crippen molar-refractivity contribution in [2.75, 3.05) is 20.6 Å². The van der Waals surface area contributed by atoms with Crippen LogP contribution in [0.25, 0.3) is 0 Å². The number of hydrogen-bond donors (Lipinski definition) is 0. The van der Waals surface area contributed by atoms with Crippen molar-refractivity contribution >= 4 is 5.97 Å². The van der Waals surface area contributed by atoms with Gasteiger partial charge in [-0.1, -0.05) is 109 Å². The van der Waals surface area contributed by atoms with Crippen LogP contribution in [0.15, 0.2) is 36.5 Å². The molecule has 0 bridgehead atoms. The first-order valence-corrected chi connectivity index (χ1v) is 18.2. The van der Waals surface area contributed by atoms with Crippen LogP contribution >= 0.6 is 0 Å². The summed E-state index contributed by atoms with van der Waals surface area (Å²) in [6, 6.07) is 0. The van der Waals surface area contributed by atoms with E-state index in [1.54, 1.807) is 0 Å². The Morgan fingerprint density at radius 2 is 1.02 bits per heavy atom. The number of nitrogens with zero attached hydrogens (tertiary/aromatic N) is 1. The Morgan fingerprint density at radius 1 is 0.619 bits per heavy atom. The van der Waals surface area contributed by atoms with Gasteiger partial charge in [0, 0.05) is 12.0 Å². The highest BCUT2D eigenvalue weighted by molar-refractivity contribution is 5.69. The Morgan fingerprint density at radius 3 is 1.48 bits per heavy atom. The van der Waals surface area contributed by atoms with E-state index in [0.29, 0.717) is 6.42 Å². The summed E-state index contributed by atoms with van der Waals surface area (Å²) in [6.45, 7) is 9.96. The molecule has 0 N–H and O–H groups in total. The van der Waals surface area contributed by atoms with Crippen LogP contribution in [-0.4, -0.2) is 37.6 Å². The molecule has 0 fully saturated rings. The normalized spacial score (nSPS) is 14.5. The van der Waals surface area contributed by atoms with Crippen LogP contribution in [0.1, 0.15) is 175 Å². The van der Waals surface area contributed by atoms with E-state index in [1.807, 2.05) is 14.1 Å². The summed E-state index contributed by atoms with van der Waals surface area (Å²) in [7, 11) is 4.05. The van der Waals surface area contributed by atoms with Crippen molar-refractivity contribution in [2.24, 2.45) is 5.41 Å².